The van der Waals surface area contributed by atoms with Crippen LogP contribution in [0.3, 0.4) is 0 Å². The van der Waals surface area contributed by atoms with Crippen molar-refractivity contribution in [3.63, 3.8) is 0 Å². The molecule has 2 aromatic heterocycles. The highest BCUT2D eigenvalue weighted by Gasteiger charge is 2.17. The number of fused-ring (bicyclic) bond motifs is 3. The zero-order valence-corrected chi connectivity index (χ0v) is 25.9. The third-order valence-electron chi connectivity index (χ3n) is 8.49. The van der Waals surface area contributed by atoms with Crippen molar-refractivity contribution in [3.8, 4) is 62.1 Å². The smallest absolute Gasteiger partial charge is 0.164 e. The van der Waals surface area contributed by atoms with Gasteiger partial charge in [0.05, 0.1) is 23.4 Å². The molecule has 230 valence electrons. The number of benzene rings is 7. The van der Waals surface area contributed by atoms with E-state index < -0.39 is 42.3 Å². The maximum atomic E-state index is 9.01. The summed E-state index contributed by atoms with van der Waals surface area (Å²) in [6.45, 7) is 0. The summed E-state index contributed by atoms with van der Waals surface area (Å²) in [5.41, 5.74) is 5.74. The Morgan fingerprint density at radius 1 is 0.388 bits per heavy atom. The molecule has 0 bridgehead atoms. The van der Waals surface area contributed by atoms with Crippen LogP contribution >= 0.6 is 0 Å². The van der Waals surface area contributed by atoms with Gasteiger partial charge in [-0.2, -0.15) is 0 Å². The molecule has 0 radical (unpaired) electrons. The molecule has 7 aromatic carbocycles. The molecule has 2 heterocycles. The molecule has 9 rings (SSSR count). The Kier molecular flexibility index (Phi) is 5.11. The monoisotopic (exact) mass is 635 g/mol. The van der Waals surface area contributed by atoms with Crippen LogP contribution in [0.4, 0.5) is 0 Å². The van der Waals surface area contributed by atoms with Crippen molar-refractivity contribution in [1.29, 1.82) is 0 Å². The molecule has 0 aliphatic carbocycles. The summed E-state index contributed by atoms with van der Waals surface area (Å²) in [5.74, 6) is 1.66. The Balaban J connectivity index is 1.17. The molecule has 0 aliphatic rings. The second kappa shape index (κ2) is 12.2. The van der Waals surface area contributed by atoms with Crippen LogP contribution in [0.5, 0.6) is 0 Å². The van der Waals surface area contributed by atoms with E-state index in [1.165, 1.54) is 0 Å². The number of rotatable bonds is 6. The van der Waals surface area contributed by atoms with Crippen molar-refractivity contribution in [3.05, 3.63) is 182 Å². The molecule has 0 N–H and O–H groups in total. The number of hydrogen-bond donors (Lipinski definition) is 0. The molecule has 0 amide bonds. The van der Waals surface area contributed by atoms with Crippen LogP contribution in [-0.2, 0) is 0 Å². The largest absolute Gasteiger partial charge is 0.309 e. The number of para-hydroxylation sites is 2. The summed E-state index contributed by atoms with van der Waals surface area (Å²) >= 11 is 0. The van der Waals surface area contributed by atoms with Gasteiger partial charge in [-0.15, -0.1) is 0 Å². The van der Waals surface area contributed by atoms with E-state index in [-0.39, 0.29) is 28.6 Å². The zero-order valence-electron chi connectivity index (χ0n) is 34.9. The summed E-state index contributed by atoms with van der Waals surface area (Å²) in [6.07, 6.45) is 0. The van der Waals surface area contributed by atoms with Crippen LogP contribution in [-0.4, -0.2) is 19.5 Å². The van der Waals surface area contributed by atoms with Crippen LogP contribution in [0.25, 0.3) is 83.9 Å². The molecule has 0 spiro atoms. The lowest BCUT2D eigenvalue weighted by molar-refractivity contribution is 1.07. The Morgan fingerprint density at radius 3 is 1.51 bits per heavy atom. The third-order valence-corrected chi connectivity index (χ3v) is 8.49. The lowest BCUT2D eigenvalue weighted by Gasteiger charge is -2.13. The van der Waals surface area contributed by atoms with Crippen molar-refractivity contribution in [2.75, 3.05) is 0 Å². The fraction of sp³-hybridized carbons (Fsp3) is 0. The molecule has 0 aliphatic heterocycles. The van der Waals surface area contributed by atoms with E-state index in [2.05, 4.69) is 0 Å². The van der Waals surface area contributed by atoms with E-state index in [1.54, 1.807) is 22.8 Å². The first kappa shape index (κ1) is 20.6. The molecule has 0 atom stereocenters. The Hall–Kier alpha value is -6.65. The van der Waals surface area contributed by atoms with Crippen molar-refractivity contribution >= 4 is 21.8 Å². The van der Waals surface area contributed by atoms with Gasteiger partial charge >= 0.3 is 0 Å². The average molecular weight is 636 g/mol. The Labute approximate surface area is 297 Å². The quantitative estimate of drug-likeness (QED) is 0.183. The van der Waals surface area contributed by atoms with Crippen molar-refractivity contribution < 1.29 is 12.3 Å². The second-order valence-electron chi connectivity index (χ2n) is 11.4. The zero-order chi connectivity index (χ0) is 40.4. The minimum Gasteiger partial charge on any atom is -0.309 e. The van der Waals surface area contributed by atoms with Gasteiger partial charge in [-0.3, -0.25) is 0 Å². The molecular weight excluding hydrogens is 597 g/mol. The third kappa shape index (κ3) is 5.26. The van der Waals surface area contributed by atoms with Crippen LogP contribution in [0.1, 0.15) is 12.3 Å². The van der Waals surface area contributed by atoms with Crippen molar-refractivity contribution in [2.24, 2.45) is 0 Å². The molecule has 0 saturated carbocycles. The summed E-state index contributed by atoms with van der Waals surface area (Å²) in [6, 6.07) is 36.4. The lowest BCUT2D eigenvalue weighted by Crippen LogP contribution is -2.00. The molecular formula is C45H30N4. The van der Waals surface area contributed by atoms with E-state index in [4.69, 9.17) is 27.3 Å². The molecule has 0 saturated heterocycles. The van der Waals surface area contributed by atoms with Gasteiger partial charge in [0.1, 0.15) is 0 Å². The molecule has 49 heavy (non-hydrogen) atoms. The Bertz CT molecular complexity index is 2990. The van der Waals surface area contributed by atoms with E-state index in [0.717, 1.165) is 27.8 Å². The van der Waals surface area contributed by atoms with Crippen LogP contribution < -0.4 is 0 Å². The lowest BCUT2D eigenvalue weighted by atomic mass is 10.0. The first-order valence-electron chi connectivity index (χ1n) is 20.2. The first-order chi connectivity index (χ1) is 28.0. The molecule has 9 aromatic rings. The molecule has 0 fully saturated rings. The maximum Gasteiger partial charge on any atom is 0.164 e. The van der Waals surface area contributed by atoms with Gasteiger partial charge in [-0.25, -0.2) is 15.0 Å². The number of aromatic nitrogens is 4. The van der Waals surface area contributed by atoms with Gasteiger partial charge in [-0.05, 0) is 34.9 Å². The van der Waals surface area contributed by atoms with Gasteiger partial charge in [0.2, 0.25) is 0 Å². The molecule has 4 nitrogen and oxygen atoms in total. The fourth-order valence-electron chi connectivity index (χ4n) is 6.16. The SMILES string of the molecule is [2H]c1c([2H])c([2H])c(-c2cccc3c4c([2H])c([2H])c([2H])c([2H])c4n(-c4ccc(-c5ccc(-c6nc(-c7ccccc7)nc(-c7ccccc7)n6)cc5)cc4)c23)c([2H])c1[2H]. The molecule has 0 unspecified atom stereocenters. The maximum absolute atomic E-state index is 9.01. The minimum absolute atomic E-state index is 0.0300. The van der Waals surface area contributed by atoms with Gasteiger partial charge in [-0.1, -0.05) is 164 Å². The molecule has 4 heteroatoms. The van der Waals surface area contributed by atoms with E-state index in [9.17, 15) is 0 Å². The highest BCUT2D eigenvalue weighted by atomic mass is 15.0. The summed E-state index contributed by atoms with van der Waals surface area (Å²) in [7, 11) is 0. The number of nitrogens with zero attached hydrogens (tertiary/aromatic N) is 4. The Morgan fingerprint density at radius 2 is 0.898 bits per heavy atom. The number of hydrogen-bond acceptors (Lipinski definition) is 3. The highest BCUT2D eigenvalue weighted by molar-refractivity contribution is 6.13. The van der Waals surface area contributed by atoms with Crippen molar-refractivity contribution in [1.82, 2.24) is 19.5 Å². The minimum atomic E-state index is -0.517. The summed E-state index contributed by atoms with van der Waals surface area (Å²) in [4.78, 5) is 14.5. The summed E-state index contributed by atoms with van der Waals surface area (Å²) < 4.78 is 79.1. The van der Waals surface area contributed by atoms with E-state index in [0.29, 0.717) is 39.6 Å². The van der Waals surface area contributed by atoms with Gasteiger partial charge in [0, 0.05) is 38.7 Å². The van der Waals surface area contributed by atoms with Crippen LogP contribution in [0.15, 0.2) is 182 Å². The van der Waals surface area contributed by atoms with E-state index in [1.807, 2.05) is 109 Å². The first-order valence-corrected chi connectivity index (χ1v) is 15.7. The second-order valence-corrected chi connectivity index (χ2v) is 11.4. The van der Waals surface area contributed by atoms with E-state index >= 15 is 0 Å². The predicted octanol–water partition coefficient (Wildman–Crippen LogP) is 11.3. The highest BCUT2D eigenvalue weighted by Crippen LogP contribution is 2.38. The summed E-state index contributed by atoms with van der Waals surface area (Å²) in [5, 5.41) is 0.717. The average Bonchev–Trinajstić information content (AvgIpc) is 3.63. The topological polar surface area (TPSA) is 43.6 Å². The fourth-order valence-corrected chi connectivity index (χ4v) is 6.16. The van der Waals surface area contributed by atoms with Gasteiger partial charge in [0.25, 0.3) is 0 Å². The van der Waals surface area contributed by atoms with Gasteiger partial charge < -0.3 is 4.57 Å². The predicted molar refractivity (Wildman–Crippen MR) is 201 cm³/mol. The van der Waals surface area contributed by atoms with Crippen molar-refractivity contribution in [2.45, 2.75) is 0 Å². The van der Waals surface area contributed by atoms with Gasteiger partial charge in [0.15, 0.2) is 17.5 Å². The normalized spacial score (nSPS) is 13.8. The standard InChI is InChI=1S/C45H30N4/c1-4-13-33(14-5-1)38-20-12-21-40-39-19-10-11-22-41(39)49(42(38)40)37-29-27-32(28-30-37)31-23-25-36(26-24-31)45-47-43(34-15-6-2-7-16-34)46-44(48-45)35-17-8-3-9-18-35/h1-30H/i1D,4D,5D,10D,11D,13D,14D,19D,22D. The van der Waals surface area contributed by atoms with Crippen LogP contribution in [0, 0.1) is 0 Å². The van der Waals surface area contributed by atoms with Crippen LogP contribution in [0.2, 0.25) is 0 Å².